The number of ether oxygens (including phenoxy) is 2. The summed E-state index contributed by atoms with van der Waals surface area (Å²) in [5.74, 6) is 0.175. The van der Waals surface area contributed by atoms with Crippen molar-refractivity contribution in [3.05, 3.63) is 51.5 Å². The van der Waals surface area contributed by atoms with Gasteiger partial charge in [0.1, 0.15) is 5.75 Å². The van der Waals surface area contributed by atoms with E-state index in [-0.39, 0.29) is 18.6 Å². The van der Waals surface area contributed by atoms with E-state index in [1.165, 1.54) is 11.3 Å². The summed E-state index contributed by atoms with van der Waals surface area (Å²) in [6.45, 7) is 0.952. The first-order valence-corrected chi connectivity index (χ1v) is 11.0. The van der Waals surface area contributed by atoms with Gasteiger partial charge in [-0.15, -0.1) is 0 Å². The molecule has 4 rings (SSSR count). The first-order chi connectivity index (χ1) is 14.0. The van der Waals surface area contributed by atoms with Crippen molar-refractivity contribution in [2.24, 2.45) is 0 Å². The van der Waals surface area contributed by atoms with E-state index in [9.17, 15) is 4.79 Å². The van der Waals surface area contributed by atoms with Crippen LogP contribution in [0.2, 0.25) is 15.1 Å². The molecular formula is C20H17Cl3N2O3S. The second-order valence-electron chi connectivity index (χ2n) is 6.61. The molecule has 1 aromatic heterocycles. The van der Waals surface area contributed by atoms with Crippen LogP contribution in [-0.2, 0) is 9.53 Å². The standard InChI is InChI=1S/C20H17Cl3N2O3S/c21-12-4-6-17(15(23)8-12)28-11-19(26)25(10-14-2-1-7-27-14)20-24-16-5-3-13(22)9-18(16)29-20/h3-6,8-9,14H,1-2,7,10-11H2. The Kier molecular flexibility index (Phi) is 6.47. The molecule has 1 aliphatic rings. The van der Waals surface area contributed by atoms with Gasteiger partial charge in [-0.3, -0.25) is 9.69 Å². The molecule has 1 fully saturated rings. The third-order valence-electron chi connectivity index (χ3n) is 4.53. The highest BCUT2D eigenvalue weighted by Crippen LogP contribution is 2.32. The summed E-state index contributed by atoms with van der Waals surface area (Å²) in [6, 6.07) is 10.3. The van der Waals surface area contributed by atoms with Crippen molar-refractivity contribution in [1.82, 2.24) is 4.98 Å². The van der Waals surface area contributed by atoms with E-state index in [1.54, 1.807) is 29.2 Å². The van der Waals surface area contributed by atoms with Crippen LogP contribution in [0.5, 0.6) is 5.75 Å². The molecule has 0 saturated carbocycles. The number of fused-ring (bicyclic) bond motifs is 1. The summed E-state index contributed by atoms with van der Waals surface area (Å²) in [4.78, 5) is 19.3. The van der Waals surface area contributed by atoms with Crippen molar-refractivity contribution >= 4 is 67.4 Å². The maximum Gasteiger partial charge on any atom is 0.266 e. The second-order valence-corrected chi connectivity index (χ2v) is 8.90. The summed E-state index contributed by atoms with van der Waals surface area (Å²) in [5, 5.41) is 2.08. The number of hydrogen-bond acceptors (Lipinski definition) is 5. The minimum absolute atomic E-state index is 0.0197. The molecule has 2 heterocycles. The van der Waals surface area contributed by atoms with Crippen LogP contribution in [0.1, 0.15) is 12.8 Å². The van der Waals surface area contributed by atoms with Crippen LogP contribution in [0.25, 0.3) is 10.2 Å². The number of anilines is 1. The predicted octanol–water partition coefficient (Wildman–Crippen LogP) is 5.85. The number of aromatic nitrogens is 1. The molecule has 1 saturated heterocycles. The summed E-state index contributed by atoms with van der Waals surface area (Å²) in [5.41, 5.74) is 0.793. The number of carbonyl (C=O) groups is 1. The van der Waals surface area contributed by atoms with E-state index in [4.69, 9.17) is 44.3 Å². The van der Waals surface area contributed by atoms with Crippen LogP contribution in [0.4, 0.5) is 5.13 Å². The van der Waals surface area contributed by atoms with Crippen LogP contribution < -0.4 is 9.64 Å². The van der Waals surface area contributed by atoms with E-state index in [0.29, 0.717) is 39.1 Å². The molecule has 2 aromatic carbocycles. The monoisotopic (exact) mass is 470 g/mol. The maximum atomic E-state index is 13.0. The van der Waals surface area contributed by atoms with Gasteiger partial charge in [-0.25, -0.2) is 4.98 Å². The smallest absolute Gasteiger partial charge is 0.266 e. The van der Waals surface area contributed by atoms with Crippen molar-refractivity contribution in [2.75, 3.05) is 24.7 Å². The molecule has 152 valence electrons. The molecule has 0 N–H and O–H groups in total. The lowest BCUT2D eigenvalue weighted by Crippen LogP contribution is -2.40. The third kappa shape index (κ3) is 4.95. The van der Waals surface area contributed by atoms with Gasteiger partial charge in [0.15, 0.2) is 11.7 Å². The third-order valence-corrected chi connectivity index (χ3v) is 6.33. The molecule has 1 unspecified atom stereocenters. The average molecular weight is 472 g/mol. The van der Waals surface area contributed by atoms with Gasteiger partial charge in [0, 0.05) is 16.7 Å². The van der Waals surface area contributed by atoms with Crippen molar-refractivity contribution in [1.29, 1.82) is 0 Å². The first-order valence-electron chi connectivity index (χ1n) is 9.05. The Balaban J connectivity index is 1.55. The molecule has 0 bridgehead atoms. The molecule has 29 heavy (non-hydrogen) atoms. The van der Waals surface area contributed by atoms with Gasteiger partial charge in [0.2, 0.25) is 0 Å². The fourth-order valence-corrected chi connectivity index (χ4v) is 4.82. The zero-order valence-corrected chi connectivity index (χ0v) is 18.3. The Morgan fingerprint density at radius 1 is 1.21 bits per heavy atom. The van der Waals surface area contributed by atoms with Crippen LogP contribution in [-0.4, -0.2) is 36.8 Å². The Hall–Kier alpha value is -1.57. The fraction of sp³-hybridized carbons (Fsp3) is 0.300. The van der Waals surface area contributed by atoms with E-state index in [2.05, 4.69) is 4.98 Å². The van der Waals surface area contributed by atoms with Gasteiger partial charge in [-0.1, -0.05) is 46.1 Å². The van der Waals surface area contributed by atoms with Crippen LogP contribution in [0.15, 0.2) is 36.4 Å². The molecule has 3 aromatic rings. The van der Waals surface area contributed by atoms with Gasteiger partial charge in [-0.2, -0.15) is 0 Å². The molecule has 9 heteroatoms. The highest BCUT2D eigenvalue weighted by Gasteiger charge is 2.26. The second kappa shape index (κ2) is 9.06. The zero-order valence-electron chi connectivity index (χ0n) is 15.2. The largest absolute Gasteiger partial charge is 0.482 e. The lowest BCUT2D eigenvalue weighted by molar-refractivity contribution is -0.120. The molecule has 5 nitrogen and oxygen atoms in total. The number of amides is 1. The van der Waals surface area contributed by atoms with Gasteiger partial charge in [0.25, 0.3) is 5.91 Å². The molecule has 1 aliphatic heterocycles. The SMILES string of the molecule is O=C(COc1ccc(Cl)cc1Cl)N(CC1CCCO1)c1nc2ccc(Cl)cc2s1. The van der Waals surface area contributed by atoms with Gasteiger partial charge in [0.05, 0.1) is 27.9 Å². The zero-order chi connectivity index (χ0) is 20.4. The number of halogens is 3. The minimum Gasteiger partial charge on any atom is -0.482 e. The molecule has 1 atom stereocenters. The molecular weight excluding hydrogens is 455 g/mol. The lowest BCUT2D eigenvalue weighted by atomic mass is 10.2. The van der Waals surface area contributed by atoms with Gasteiger partial charge in [-0.05, 0) is 49.2 Å². The van der Waals surface area contributed by atoms with E-state index in [1.807, 2.05) is 12.1 Å². The molecule has 1 amide bonds. The first kappa shape index (κ1) is 20.7. The van der Waals surface area contributed by atoms with Gasteiger partial charge >= 0.3 is 0 Å². The number of thiazole rings is 1. The maximum absolute atomic E-state index is 13.0. The fourth-order valence-electron chi connectivity index (χ4n) is 3.09. The Morgan fingerprint density at radius 3 is 2.76 bits per heavy atom. The van der Waals surface area contributed by atoms with E-state index in [0.717, 1.165) is 23.1 Å². The summed E-state index contributed by atoms with van der Waals surface area (Å²) in [7, 11) is 0. The lowest BCUT2D eigenvalue weighted by Gasteiger charge is -2.23. The van der Waals surface area contributed by atoms with Crippen molar-refractivity contribution in [3.8, 4) is 5.75 Å². The minimum atomic E-state index is -0.225. The normalized spacial score (nSPS) is 16.3. The number of benzene rings is 2. The van der Waals surface area contributed by atoms with Gasteiger partial charge < -0.3 is 9.47 Å². The number of nitrogens with zero attached hydrogens (tertiary/aromatic N) is 2. The highest BCUT2D eigenvalue weighted by molar-refractivity contribution is 7.22. The molecule has 0 spiro atoms. The topological polar surface area (TPSA) is 51.7 Å². The van der Waals surface area contributed by atoms with Crippen LogP contribution in [0.3, 0.4) is 0 Å². The summed E-state index contributed by atoms with van der Waals surface area (Å²) in [6.07, 6.45) is 1.87. The Labute approximate surface area is 187 Å². The predicted molar refractivity (Wildman–Crippen MR) is 118 cm³/mol. The quantitative estimate of drug-likeness (QED) is 0.453. The summed E-state index contributed by atoms with van der Waals surface area (Å²) < 4.78 is 12.3. The van der Waals surface area contributed by atoms with Crippen molar-refractivity contribution in [2.45, 2.75) is 18.9 Å². The van der Waals surface area contributed by atoms with Crippen molar-refractivity contribution < 1.29 is 14.3 Å². The van der Waals surface area contributed by atoms with E-state index < -0.39 is 0 Å². The Bertz CT molecular complexity index is 1040. The summed E-state index contributed by atoms with van der Waals surface area (Å²) >= 11 is 19.5. The number of hydrogen-bond donors (Lipinski definition) is 0. The highest BCUT2D eigenvalue weighted by atomic mass is 35.5. The molecule has 0 radical (unpaired) electrons. The molecule has 0 aliphatic carbocycles. The number of carbonyl (C=O) groups excluding carboxylic acids is 1. The van der Waals surface area contributed by atoms with Crippen LogP contribution in [0, 0.1) is 0 Å². The van der Waals surface area contributed by atoms with Crippen molar-refractivity contribution in [3.63, 3.8) is 0 Å². The average Bonchev–Trinajstić information content (AvgIpc) is 3.34. The van der Waals surface area contributed by atoms with Crippen LogP contribution >= 0.6 is 46.1 Å². The Morgan fingerprint density at radius 2 is 2.00 bits per heavy atom. The number of rotatable bonds is 6. The van der Waals surface area contributed by atoms with E-state index >= 15 is 0 Å².